The maximum absolute atomic E-state index is 13.4. The first-order valence-electron chi connectivity index (χ1n) is 9.03. The van der Waals surface area contributed by atoms with Crippen molar-refractivity contribution in [3.05, 3.63) is 64.4 Å². The molecule has 0 radical (unpaired) electrons. The van der Waals surface area contributed by atoms with Crippen LogP contribution in [0.2, 0.25) is 0 Å². The molecule has 2 aliphatic rings. The summed E-state index contributed by atoms with van der Waals surface area (Å²) in [5.74, 6) is 0.523. The van der Waals surface area contributed by atoms with E-state index >= 15 is 0 Å². The summed E-state index contributed by atoms with van der Waals surface area (Å²) < 4.78 is 5.24. The number of methoxy groups -OCH3 is 1. The topological polar surface area (TPSA) is 54.3 Å². The van der Waals surface area contributed by atoms with Gasteiger partial charge in [-0.05, 0) is 42.3 Å². The molecular weight excluding hydrogens is 338 g/mol. The summed E-state index contributed by atoms with van der Waals surface area (Å²) in [4.78, 5) is 23.9. The quantitative estimate of drug-likeness (QED) is 0.604. The van der Waals surface area contributed by atoms with Gasteiger partial charge in [-0.15, -0.1) is 0 Å². The van der Waals surface area contributed by atoms with Crippen molar-refractivity contribution in [3.63, 3.8) is 0 Å². The van der Waals surface area contributed by atoms with E-state index in [1.807, 2.05) is 38.4 Å². The largest absolute Gasteiger partial charge is 0.380 e. The Kier molecular flexibility index (Phi) is 5.81. The first-order chi connectivity index (χ1) is 13.0. The molecule has 0 N–H and O–H groups in total. The molecule has 0 heterocycles. The minimum atomic E-state index is 0.0303. The molecule has 3 rings (SSSR count). The molecule has 0 amide bonds. The van der Waals surface area contributed by atoms with Crippen LogP contribution in [-0.4, -0.2) is 44.6 Å². The average molecular weight is 363 g/mol. The van der Waals surface area contributed by atoms with Crippen LogP contribution in [0.25, 0.3) is 5.57 Å². The van der Waals surface area contributed by atoms with Crippen molar-refractivity contribution in [3.8, 4) is 0 Å². The van der Waals surface area contributed by atoms with Crippen molar-refractivity contribution in [2.24, 2.45) is 9.98 Å². The van der Waals surface area contributed by atoms with Crippen LogP contribution in [0.15, 0.2) is 63.2 Å². The number of allylic oxidation sites excluding steroid dienone is 5. The van der Waals surface area contributed by atoms with Gasteiger partial charge < -0.3 is 9.64 Å². The van der Waals surface area contributed by atoms with Crippen LogP contribution in [0.4, 0.5) is 0 Å². The molecule has 0 fully saturated rings. The number of Topliss-reactive ketones (excluding diaryl/α,β-unsaturated/α-hetero) is 1. The van der Waals surface area contributed by atoms with Gasteiger partial charge in [-0.25, -0.2) is 9.98 Å². The Bertz CT molecular complexity index is 889. The van der Waals surface area contributed by atoms with E-state index in [9.17, 15) is 4.79 Å². The van der Waals surface area contributed by atoms with Gasteiger partial charge in [-0.3, -0.25) is 4.79 Å². The van der Waals surface area contributed by atoms with Gasteiger partial charge in [-0.2, -0.15) is 0 Å². The van der Waals surface area contributed by atoms with Crippen molar-refractivity contribution in [2.45, 2.75) is 25.9 Å². The molecule has 27 heavy (non-hydrogen) atoms. The fourth-order valence-corrected chi connectivity index (χ4v) is 3.44. The Morgan fingerprint density at radius 2 is 2.04 bits per heavy atom. The number of ether oxygens (including phenoxy) is 1. The summed E-state index contributed by atoms with van der Waals surface area (Å²) in [6.45, 7) is 4.11. The Labute approximate surface area is 160 Å². The first-order valence-corrected chi connectivity index (χ1v) is 9.03. The minimum Gasteiger partial charge on any atom is -0.380 e. The lowest BCUT2D eigenvalue weighted by Crippen LogP contribution is -2.22. The molecule has 0 spiro atoms. The minimum absolute atomic E-state index is 0.0303. The molecule has 0 aromatic heterocycles. The van der Waals surface area contributed by atoms with E-state index in [1.165, 1.54) is 0 Å². The number of hydrogen-bond donors (Lipinski definition) is 0. The highest BCUT2D eigenvalue weighted by Gasteiger charge is 2.30. The highest BCUT2D eigenvalue weighted by atomic mass is 16.5. The third-order valence-corrected chi connectivity index (χ3v) is 4.67. The van der Waals surface area contributed by atoms with E-state index in [2.05, 4.69) is 23.9 Å². The third-order valence-electron chi connectivity index (χ3n) is 4.67. The summed E-state index contributed by atoms with van der Waals surface area (Å²) in [7, 11) is 5.39. The van der Waals surface area contributed by atoms with Gasteiger partial charge in [0, 0.05) is 33.2 Å². The molecule has 0 saturated heterocycles. The molecule has 5 heteroatoms. The number of fused-ring (bicyclic) bond motifs is 1. The van der Waals surface area contributed by atoms with E-state index in [1.54, 1.807) is 12.0 Å². The maximum atomic E-state index is 13.4. The molecule has 1 aromatic carbocycles. The van der Waals surface area contributed by atoms with Crippen molar-refractivity contribution in [2.75, 3.05) is 21.2 Å². The molecule has 2 aliphatic carbocycles. The smallest absolute Gasteiger partial charge is 0.224 e. The highest BCUT2D eigenvalue weighted by molar-refractivity contribution is 6.32. The van der Waals surface area contributed by atoms with Gasteiger partial charge in [0.25, 0.3) is 0 Å². The van der Waals surface area contributed by atoms with Crippen LogP contribution in [0.3, 0.4) is 0 Å². The first kappa shape index (κ1) is 19.0. The van der Waals surface area contributed by atoms with Gasteiger partial charge in [0.05, 0.1) is 17.9 Å². The zero-order valence-electron chi connectivity index (χ0n) is 16.2. The van der Waals surface area contributed by atoms with Crippen molar-refractivity contribution >= 4 is 24.0 Å². The second-order valence-electron chi connectivity index (χ2n) is 6.85. The predicted molar refractivity (Wildman–Crippen MR) is 110 cm³/mol. The Balaban J connectivity index is 2.19. The second kappa shape index (κ2) is 8.27. The van der Waals surface area contributed by atoms with Gasteiger partial charge in [-0.1, -0.05) is 30.4 Å². The molecule has 1 aromatic rings. The summed E-state index contributed by atoms with van der Waals surface area (Å²) in [6.07, 6.45) is 6.68. The standard InChI is InChI=1S/C22H25N3O2/c1-23-22(25(2)3)24-19-13-16-9-5-6-11-18(16)21(26)20(19)17-10-7-8-15(12-17)14-27-4/h7-12H,1,5-6,13-14H2,2-4H3/b24-22+. The number of benzene rings is 1. The number of rotatable bonds is 4. The summed E-state index contributed by atoms with van der Waals surface area (Å²) in [5.41, 5.74) is 5.12. The molecule has 0 aliphatic heterocycles. The lowest BCUT2D eigenvalue weighted by Gasteiger charge is -2.25. The van der Waals surface area contributed by atoms with Crippen molar-refractivity contribution < 1.29 is 9.53 Å². The SMILES string of the molecule is C=N/C(=N\C1=C(c2cccc(COC)c2)C(=O)C2=CCCC=C2C1)N(C)C. The van der Waals surface area contributed by atoms with Crippen molar-refractivity contribution in [1.82, 2.24) is 4.90 Å². The third kappa shape index (κ3) is 3.98. The average Bonchev–Trinajstić information content (AvgIpc) is 2.66. The monoisotopic (exact) mass is 363 g/mol. The lowest BCUT2D eigenvalue weighted by atomic mass is 9.80. The Morgan fingerprint density at radius 1 is 1.26 bits per heavy atom. The van der Waals surface area contributed by atoms with Gasteiger partial charge in [0.1, 0.15) is 0 Å². The fourth-order valence-electron chi connectivity index (χ4n) is 3.44. The normalized spacial score (nSPS) is 17.3. The molecule has 0 atom stereocenters. The predicted octanol–water partition coefficient (Wildman–Crippen LogP) is 3.78. The zero-order chi connectivity index (χ0) is 19.4. The van der Waals surface area contributed by atoms with E-state index in [-0.39, 0.29) is 5.78 Å². The molecular formula is C22H25N3O2. The number of carbonyl (C=O) groups excluding carboxylic acids is 1. The lowest BCUT2D eigenvalue weighted by molar-refractivity contribution is -0.110. The van der Waals surface area contributed by atoms with E-state index in [0.29, 0.717) is 24.6 Å². The van der Waals surface area contributed by atoms with Crippen molar-refractivity contribution in [1.29, 1.82) is 0 Å². The van der Waals surface area contributed by atoms with E-state index in [4.69, 9.17) is 9.73 Å². The van der Waals surface area contributed by atoms with Crippen LogP contribution in [0.5, 0.6) is 0 Å². The van der Waals surface area contributed by atoms with Gasteiger partial charge in [0.15, 0.2) is 5.78 Å². The number of hydrogen-bond acceptors (Lipinski definition) is 3. The molecule has 140 valence electrons. The molecule has 5 nitrogen and oxygen atoms in total. The number of carbonyl (C=O) groups is 1. The van der Waals surface area contributed by atoms with Crippen LogP contribution in [0.1, 0.15) is 30.4 Å². The van der Waals surface area contributed by atoms with Crippen LogP contribution in [0, 0.1) is 0 Å². The van der Waals surface area contributed by atoms with Crippen LogP contribution >= 0.6 is 0 Å². The Morgan fingerprint density at radius 3 is 2.74 bits per heavy atom. The number of aliphatic imine (C=N–C) groups is 2. The van der Waals surface area contributed by atoms with E-state index in [0.717, 1.165) is 40.8 Å². The Hall–Kier alpha value is -2.79. The van der Waals surface area contributed by atoms with Gasteiger partial charge in [0.2, 0.25) is 5.96 Å². The molecule has 0 bridgehead atoms. The molecule has 0 saturated carbocycles. The van der Waals surface area contributed by atoms with Crippen LogP contribution in [-0.2, 0) is 16.1 Å². The number of guanidine groups is 1. The number of nitrogens with zero attached hydrogens (tertiary/aromatic N) is 3. The molecule has 0 unspecified atom stereocenters. The van der Waals surface area contributed by atoms with Crippen LogP contribution < -0.4 is 0 Å². The maximum Gasteiger partial charge on any atom is 0.224 e. The highest BCUT2D eigenvalue weighted by Crippen LogP contribution is 2.39. The van der Waals surface area contributed by atoms with E-state index < -0.39 is 0 Å². The zero-order valence-corrected chi connectivity index (χ0v) is 16.2. The fraction of sp³-hybridized carbons (Fsp3) is 0.318. The number of ketones is 1. The van der Waals surface area contributed by atoms with Gasteiger partial charge >= 0.3 is 0 Å². The summed E-state index contributed by atoms with van der Waals surface area (Å²) in [6, 6.07) is 7.90. The summed E-state index contributed by atoms with van der Waals surface area (Å²) in [5, 5.41) is 0. The second-order valence-corrected chi connectivity index (χ2v) is 6.85. The summed E-state index contributed by atoms with van der Waals surface area (Å²) >= 11 is 0.